The molecule has 2 aromatic rings. The lowest BCUT2D eigenvalue weighted by atomic mass is 10.1. The van der Waals surface area contributed by atoms with Crippen molar-refractivity contribution in [1.82, 2.24) is 10.6 Å². The fourth-order valence-electron chi connectivity index (χ4n) is 3.18. The molecule has 2 aromatic carbocycles. The number of nitrogens with zero attached hydrogens (tertiary/aromatic N) is 1. The molecule has 28 heavy (non-hydrogen) atoms. The Bertz CT molecular complexity index is 882. The maximum atomic E-state index is 12.7. The van der Waals surface area contributed by atoms with Gasteiger partial charge in [-0.25, -0.2) is 9.59 Å². The molecule has 1 aliphatic heterocycles. The summed E-state index contributed by atoms with van der Waals surface area (Å²) < 4.78 is 4.57. The number of esters is 1. The van der Waals surface area contributed by atoms with Gasteiger partial charge in [0.1, 0.15) is 6.04 Å². The molecular formula is C21H23N3O4. The van der Waals surface area contributed by atoms with E-state index in [-0.39, 0.29) is 5.91 Å². The van der Waals surface area contributed by atoms with Crippen molar-refractivity contribution in [3.8, 4) is 0 Å². The molecule has 0 aromatic heterocycles. The monoisotopic (exact) mass is 381 g/mol. The molecule has 0 saturated heterocycles. The van der Waals surface area contributed by atoms with Crippen molar-refractivity contribution in [2.75, 3.05) is 18.6 Å². The number of amides is 3. The van der Waals surface area contributed by atoms with Gasteiger partial charge in [0, 0.05) is 24.3 Å². The molecule has 7 heteroatoms. The Morgan fingerprint density at radius 1 is 1.14 bits per heavy atom. The first-order valence-electron chi connectivity index (χ1n) is 9.10. The lowest BCUT2D eigenvalue weighted by molar-refractivity contribution is -0.142. The highest BCUT2D eigenvalue weighted by Crippen LogP contribution is 2.30. The number of methoxy groups -OCH3 is 1. The zero-order valence-electron chi connectivity index (χ0n) is 15.9. The quantitative estimate of drug-likeness (QED) is 0.778. The Balaban J connectivity index is 1.61. The van der Waals surface area contributed by atoms with Crippen LogP contribution in [0, 0.1) is 0 Å². The number of carbonyl (C=O) groups excluding carboxylic acids is 3. The summed E-state index contributed by atoms with van der Waals surface area (Å²) in [7, 11) is 1.27. The molecule has 3 amide bonds. The summed E-state index contributed by atoms with van der Waals surface area (Å²) in [6, 6.07) is 13.8. The third-order valence-electron chi connectivity index (χ3n) is 4.66. The minimum absolute atomic E-state index is 0.0126. The van der Waals surface area contributed by atoms with E-state index >= 15 is 0 Å². The van der Waals surface area contributed by atoms with Crippen molar-refractivity contribution in [3.05, 3.63) is 65.2 Å². The van der Waals surface area contributed by atoms with E-state index in [1.807, 2.05) is 48.5 Å². The predicted octanol–water partition coefficient (Wildman–Crippen LogP) is 2.25. The van der Waals surface area contributed by atoms with Crippen LogP contribution in [-0.4, -0.2) is 37.6 Å². The molecule has 0 bridgehead atoms. The second-order valence-electron chi connectivity index (χ2n) is 6.61. The van der Waals surface area contributed by atoms with Crippen molar-refractivity contribution in [2.45, 2.75) is 25.9 Å². The molecule has 0 radical (unpaired) electrons. The van der Waals surface area contributed by atoms with Gasteiger partial charge in [0.2, 0.25) is 0 Å². The molecule has 146 valence electrons. The van der Waals surface area contributed by atoms with Crippen LogP contribution in [0.1, 0.15) is 28.4 Å². The van der Waals surface area contributed by atoms with E-state index in [9.17, 15) is 14.4 Å². The smallest absolute Gasteiger partial charge is 0.328 e. The van der Waals surface area contributed by atoms with Crippen LogP contribution < -0.4 is 15.5 Å². The van der Waals surface area contributed by atoms with Crippen LogP contribution in [0.4, 0.5) is 10.5 Å². The van der Waals surface area contributed by atoms with Crippen LogP contribution in [-0.2, 0) is 22.5 Å². The lowest BCUT2D eigenvalue weighted by Crippen LogP contribution is -2.44. The fraction of sp³-hybridized carbons (Fsp3) is 0.286. The maximum absolute atomic E-state index is 12.7. The topological polar surface area (TPSA) is 87.7 Å². The largest absolute Gasteiger partial charge is 0.467 e. The molecule has 0 unspecified atom stereocenters. The number of ether oxygens (including phenoxy) is 1. The van der Waals surface area contributed by atoms with Crippen LogP contribution in [0.15, 0.2) is 48.5 Å². The van der Waals surface area contributed by atoms with E-state index < -0.39 is 18.0 Å². The number of nitrogens with one attached hydrogen (secondary N) is 2. The molecule has 7 nitrogen and oxygen atoms in total. The zero-order valence-corrected chi connectivity index (χ0v) is 15.9. The highest BCUT2D eigenvalue weighted by Gasteiger charge is 2.25. The Labute approximate surface area is 163 Å². The summed E-state index contributed by atoms with van der Waals surface area (Å²) in [4.78, 5) is 37.7. The molecule has 3 rings (SSSR count). The summed E-state index contributed by atoms with van der Waals surface area (Å²) in [5.74, 6) is -0.516. The third-order valence-corrected chi connectivity index (χ3v) is 4.66. The van der Waals surface area contributed by atoms with Gasteiger partial charge in [-0.15, -0.1) is 0 Å². The number of urea groups is 1. The van der Waals surface area contributed by atoms with Crippen molar-refractivity contribution >= 4 is 23.6 Å². The number of rotatable bonds is 5. The Hall–Kier alpha value is -3.35. The molecular weight excluding hydrogens is 358 g/mol. The van der Waals surface area contributed by atoms with E-state index in [1.165, 1.54) is 7.11 Å². The second-order valence-corrected chi connectivity index (χ2v) is 6.61. The summed E-state index contributed by atoms with van der Waals surface area (Å²) in [6.07, 6.45) is 0.771. The summed E-state index contributed by atoms with van der Waals surface area (Å²) in [5, 5.41) is 5.24. The number of anilines is 1. The Morgan fingerprint density at radius 3 is 2.61 bits per heavy atom. The van der Waals surface area contributed by atoms with Gasteiger partial charge >= 0.3 is 12.0 Å². The zero-order chi connectivity index (χ0) is 20.1. The molecule has 0 spiro atoms. The first-order valence-corrected chi connectivity index (χ1v) is 9.10. The predicted molar refractivity (Wildman–Crippen MR) is 105 cm³/mol. The SMILES string of the molecule is COC(=O)[C@H](C)NC(=O)NCc1ccc2c(c1)CCN2C(=O)c1ccccc1. The molecule has 0 fully saturated rings. The number of hydrogen-bond acceptors (Lipinski definition) is 4. The van der Waals surface area contributed by atoms with E-state index in [4.69, 9.17) is 0 Å². The Morgan fingerprint density at radius 2 is 1.89 bits per heavy atom. The Kier molecular flexibility index (Phi) is 5.93. The van der Waals surface area contributed by atoms with Crippen LogP contribution in [0.2, 0.25) is 0 Å². The van der Waals surface area contributed by atoms with Crippen molar-refractivity contribution < 1.29 is 19.1 Å². The highest BCUT2D eigenvalue weighted by molar-refractivity contribution is 6.07. The lowest BCUT2D eigenvalue weighted by Gasteiger charge is -2.18. The van der Waals surface area contributed by atoms with E-state index in [0.29, 0.717) is 18.7 Å². The van der Waals surface area contributed by atoms with Gasteiger partial charge < -0.3 is 20.3 Å². The number of fused-ring (bicyclic) bond motifs is 1. The summed E-state index contributed by atoms with van der Waals surface area (Å²) in [5.41, 5.74) is 3.57. The second kappa shape index (κ2) is 8.56. The van der Waals surface area contributed by atoms with Crippen LogP contribution in [0.5, 0.6) is 0 Å². The highest BCUT2D eigenvalue weighted by atomic mass is 16.5. The summed E-state index contributed by atoms with van der Waals surface area (Å²) in [6.45, 7) is 2.51. The van der Waals surface area contributed by atoms with Gasteiger partial charge in [-0.3, -0.25) is 4.79 Å². The molecule has 2 N–H and O–H groups in total. The van der Waals surface area contributed by atoms with Gasteiger partial charge in [-0.05, 0) is 42.7 Å². The van der Waals surface area contributed by atoms with Crippen LogP contribution in [0.3, 0.4) is 0 Å². The van der Waals surface area contributed by atoms with Gasteiger partial charge in [-0.1, -0.05) is 30.3 Å². The van der Waals surface area contributed by atoms with Crippen molar-refractivity contribution in [3.63, 3.8) is 0 Å². The average molecular weight is 381 g/mol. The molecule has 1 atom stereocenters. The van der Waals surface area contributed by atoms with Gasteiger partial charge in [-0.2, -0.15) is 0 Å². The van der Waals surface area contributed by atoms with E-state index in [0.717, 1.165) is 23.2 Å². The molecule has 0 aliphatic carbocycles. The number of hydrogen-bond donors (Lipinski definition) is 2. The first kappa shape index (κ1) is 19.4. The van der Waals surface area contributed by atoms with Gasteiger partial charge in [0.25, 0.3) is 5.91 Å². The molecule has 0 saturated carbocycles. The third kappa shape index (κ3) is 4.31. The van der Waals surface area contributed by atoms with Crippen LogP contribution in [0.25, 0.3) is 0 Å². The number of carbonyl (C=O) groups is 3. The average Bonchev–Trinajstić information content (AvgIpc) is 3.14. The summed E-state index contributed by atoms with van der Waals surface area (Å²) >= 11 is 0. The standard InChI is InChI=1S/C21H23N3O4/c1-14(20(26)28-2)23-21(27)22-13-15-8-9-18-17(12-15)10-11-24(18)19(25)16-6-4-3-5-7-16/h3-9,12,14H,10-11,13H2,1-2H3,(H2,22,23,27)/t14-/m0/s1. The van der Waals surface area contributed by atoms with E-state index in [1.54, 1.807) is 11.8 Å². The first-order chi connectivity index (χ1) is 13.5. The molecule has 1 heterocycles. The minimum atomic E-state index is -0.720. The fourth-order valence-corrected chi connectivity index (χ4v) is 3.18. The van der Waals surface area contributed by atoms with Crippen molar-refractivity contribution in [1.29, 1.82) is 0 Å². The van der Waals surface area contributed by atoms with Crippen LogP contribution >= 0.6 is 0 Å². The van der Waals surface area contributed by atoms with Crippen molar-refractivity contribution in [2.24, 2.45) is 0 Å². The minimum Gasteiger partial charge on any atom is -0.467 e. The normalized spacial score (nSPS) is 13.4. The van der Waals surface area contributed by atoms with Gasteiger partial charge in [0.15, 0.2) is 0 Å². The molecule has 1 aliphatic rings. The number of benzene rings is 2. The maximum Gasteiger partial charge on any atom is 0.328 e. The van der Waals surface area contributed by atoms with Gasteiger partial charge in [0.05, 0.1) is 7.11 Å². The van der Waals surface area contributed by atoms with E-state index in [2.05, 4.69) is 15.4 Å².